The van der Waals surface area contributed by atoms with Gasteiger partial charge in [-0.25, -0.2) is 4.98 Å². The zero-order chi connectivity index (χ0) is 18.8. The maximum absolute atomic E-state index is 12.6. The van der Waals surface area contributed by atoms with Crippen molar-refractivity contribution in [3.8, 4) is 0 Å². The molecule has 27 heavy (non-hydrogen) atoms. The Kier molecular flexibility index (Phi) is 4.60. The molecule has 7 nitrogen and oxygen atoms in total. The molecule has 0 aliphatic heterocycles. The number of H-pyrrole nitrogens is 1. The molecule has 0 saturated carbocycles. The molecule has 0 saturated heterocycles. The van der Waals surface area contributed by atoms with E-state index in [4.69, 9.17) is 4.74 Å². The van der Waals surface area contributed by atoms with Crippen LogP contribution in [0.1, 0.15) is 5.56 Å². The highest BCUT2D eigenvalue weighted by Gasteiger charge is 2.13. The van der Waals surface area contributed by atoms with E-state index < -0.39 is 0 Å². The van der Waals surface area contributed by atoms with Gasteiger partial charge < -0.3 is 14.2 Å². The number of ether oxygens (including phenoxy) is 1. The molecule has 0 amide bonds. The molecular formula is C20H21N5O2. The Labute approximate surface area is 156 Å². The lowest BCUT2D eigenvalue weighted by atomic mass is 10.1. The lowest BCUT2D eigenvalue weighted by Crippen LogP contribution is -2.27. The maximum Gasteiger partial charge on any atom is 0.278 e. The van der Waals surface area contributed by atoms with Gasteiger partial charge in [-0.05, 0) is 22.4 Å². The molecule has 0 atom stereocenters. The second kappa shape index (κ2) is 7.20. The molecular weight excluding hydrogens is 342 g/mol. The van der Waals surface area contributed by atoms with Crippen molar-refractivity contribution in [2.45, 2.75) is 6.54 Å². The highest BCUT2D eigenvalue weighted by atomic mass is 16.5. The number of benzene rings is 2. The molecule has 0 unspecified atom stereocenters. The molecule has 138 valence electrons. The van der Waals surface area contributed by atoms with E-state index in [9.17, 15) is 4.79 Å². The van der Waals surface area contributed by atoms with Crippen molar-refractivity contribution in [3.05, 3.63) is 64.7 Å². The largest absolute Gasteiger partial charge is 0.383 e. The molecule has 0 aliphatic carbocycles. The Morgan fingerprint density at radius 3 is 2.81 bits per heavy atom. The van der Waals surface area contributed by atoms with Crippen LogP contribution < -0.4 is 10.5 Å². The Morgan fingerprint density at radius 1 is 1.19 bits per heavy atom. The van der Waals surface area contributed by atoms with Gasteiger partial charge in [-0.15, -0.1) is 0 Å². The van der Waals surface area contributed by atoms with Gasteiger partial charge in [0.25, 0.3) is 5.56 Å². The van der Waals surface area contributed by atoms with Crippen LogP contribution in [0.2, 0.25) is 0 Å². The van der Waals surface area contributed by atoms with Crippen LogP contribution >= 0.6 is 0 Å². The number of likely N-dealkylation sites (N-methyl/N-ethyl adjacent to an activating group) is 1. The summed E-state index contributed by atoms with van der Waals surface area (Å²) >= 11 is 0. The van der Waals surface area contributed by atoms with Gasteiger partial charge in [0.15, 0.2) is 11.2 Å². The van der Waals surface area contributed by atoms with E-state index in [2.05, 4.69) is 45.3 Å². The van der Waals surface area contributed by atoms with Gasteiger partial charge in [0.1, 0.15) is 0 Å². The van der Waals surface area contributed by atoms with Crippen LogP contribution in [0.15, 0.2) is 53.6 Å². The zero-order valence-corrected chi connectivity index (χ0v) is 15.3. The van der Waals surface area contributed by atoms with Crippen LogP contribution in [0.5, 0.6) is 0 Å². The Balaban J connectivity index is 1.67. The van der Waals surface area contributed by atoms with Crippen LogP contribution in [-0.4, -0.2) is 46.8 Å². The molecule has 0 radical (unpaired) electrons. The Hall–Kier alpha value is -3.19. The predicted molar refractivity (Wildman–Crippen MR) is 106 cm³/mol. The lowest BCUT2D eigenvalue weighted by Gasteiger charge is -2.16. The minimum Gasteiger partial charge on any atom is -0.383 e. The van der Waals surface area contributed by atoms with E-state index in [0.717, 1.165) is 5.56 Å². The summed E-state index contributed by atoms with van der Waals surface area (Å²) in [4.78, 5) is 26.2. The molecule has 0 bridgehead atoms. The monoisotopic (exact) mass is 363 g/mol. The van der Waals surface area contributed by atoms with Crippen molar-refractivity contribution in [3.63, 3.8) is 0 Å². The van der Waals surface area contributed by atoms with E-state index >= 15 is 0 Å². The Bertz CT molecular complexity index is 1150. The number of nitrogens with one attached hydrogen (secondary N) is 1. The van der Waals surface area contributed by atoms with E-state index in [0.29, 0.717) is 36.8 Å². The number of nitrogens with zero attached hydrogens (tertiary/aromatic N) is 4. The van der Waals surface area contributed by atoms with E-state index in [1.807, 2.05) is 28.6 Å². The summed E-state index contributed by atoms with van der Waals surface area (Å²) in [5.41, 5.74) is 1.83. The fraction of sp³-hybridized carbons (Fsp3) is 0.250. The van der Waals surface area contributed by atoms with Crippen LogP contribution in [0.3, 0.4) is 0 Å². The third kappa shape index (κ3) is 3.41. The highest BCUT2D eigenvalue weighted by molar-refractivity contribution is 5.83. The number of methoxy groups -OCH3 is 1. The van der Waals surface area contributed by atoms with Crippen molar-refractivity contribution < 1.29 is 4.74 Å². The number of hydrogen-bond acceptors (Lipinski definition) is 5. The standard InChI is InChI=1S/C20H21N5O2/c1-24(9-10-27-2)20-22-18-17(19(26)23-20)25(13-21-18)12-14-7-8-15-5-3-4-6-16(15)11-14/h3-8,11,13H,9-10,12H2,1-2H3,(H,22,23,26). The second-order valence-corrected chi connectivity index (χ2v) is 6.53. The van der Waals surface area contributed by atoms with Crippen molar-refractivity contribution in [1.82, 2.24) is 19.5 Å². The molecule has 7 heteroatoms. The minimum atomic E-state index is -0.197. The molecule has 2 aromatic heterocycles. The fourth-order valence-corrected chi connectivity index (χ4v) is 3.14. The predicted octanol–water partition coefficient (Wildman–Crippen LogP) is 2.40. The normalized spacial score (nSPS) is 11.3. The van der Waals surface area contributed by atoms with Crippen LogP contribution in [0.4, 0.5) is 5.95 Å². The number of anilines is 1. The van der Waals surface area contributed by atoms with Gasteiger partial charge in [0, 0.05) is 27.2 Å². The lowest BCUT2D eigenvalue weighted by molar-refractivity contribution is 0.206. The summed E-state index contributed by atoms with van der Waals surface area (Å²) in [5, 5.41) is 2.37. The number of hydrogen-bond donors (Lipinski definition) is 1. The maximum atomic E-state index is 12.6. The summed E-state index contributed by atoms with van der Waals surface area (Å²) in [6.45, 7) is 1.74. The SMILES string of the molecule is COCCN(C)c1nc2ncn(Cc3ccc4ccccc4c3)c2c(=O)[nH]1. The van der Waals surface area contributed by atoms with Gasteiger partial charge in [-0.2, -0.15) is 4.98 Å². The number of aromatic amines is 1. The van der Waals surface area contributed by atoms with Crippen molar-refractivity contribution in [2.24, 2.45) is 0 Å². The van der Waals surface area contributed by atoms with Crippen molar-refractivity contribution >= 4 is 27.9 Å². The molecule has 4 aromatic rings. The summed E-state index contributed by atoms with van der Waals surface area (Å²) in [7, 11) is 3.50. The van der Waals surface area contributed by atoms with E-state index in [1.165, 1.54) is 10.8 Å². The average Bonchev–Trinajstić information content (AvgIpc) is 3.09. The number of rotatable bonds is 6. The Morgan fingerprint density at radius 2 is 2.00 bits per heavy atom. The first-order valence-corrected chi connectivity index (χ1v) is 8.78. The molecule has 0 aliphatic rings. The van der Waals surface area contributed by atoms with E-state index in [1.54, 1.807) is 13.4 Å². The molecule has 4 rings (SSSR count). The van der Waals surface area contributed by atoms with Crippen molar-refractivity contribution in [1.29, 1.82) is 0 Å². The molecule has 1 N–H and O–H groups in total. The van der Waals surface area contributed by atoms with Gasteiger partial charge in [0.2, 0.25) is 5.95 Å². The van der Waals surface area contributed by atoms with Crippen LogP contribution in [-0.2, 0) is 11.3 Å². The van der Waals surface area contributed by atoms with Gasteiger partial charge >= 0.3 is 0 Å². The summed E-state index contributed by atoms with van der Waals surface area (Å²) in [6, 6.07) is 14.5. The van der Waals surface area contributed by atoms with Crippen LogP contribution in [0.25, 0.3) is 21.9 Å². The topological polar surface area (TPSA) is 76.0 Å². The first-order chi connectivity index (χ1) is 13.2. The second-order valence-electron chi connectivity index (χ2n) is 6.53. The van der Waals surface area contributed by atoms with Gasteiger partial charge in [-0.3, -0.25) is 9.78 Å². The summed E-state index contributed by atoms with van der Waals surface area (Å²) < 4.78 is 6.91. The molecule has 0 fully saturated rings. The first-order valence-electron chi connectivity index (χ1n) is 8.78. The quantitative estimate of drug-likeness (QED) is 0.569. The van der Waals surface area contributed by atoms with Crippen LogP contribution in [0, 0.1) is 0 Å². The number of fused-ring (bicyclic) bond motifs is 2. The van der Waals surface area contributed by atoms with Gasteiger partial charge in [-0.1, -0.05) is 36.4 Å². The molecule has 2 heterocycles. The third-order valence-corrected chi connectivity index (χ3v) is 4.63. The smallest absolute Gasteiger partial charge is 0.278 e. The fourth-order valence-electron chi connectivity index (χ4n) is 3.14. The molecule has 2 aromatic carbocycles. The highest BCUT2D eigenvalue weighted by Crippen LogP contribution is 2.18. The summed E-state index contributed by atoms with van der Waals surface area (Å²) in [5.74, 6) is 0.487. The van der Waals surface area contributed by atoms with Gasteiger partial charge in [0.05, 0.1) is 12.9 Å². The zero-order valence-electron chi connectivity index (χ0n) is 15.3. The number of imidazole rings is 1. The number of aromatic nitrogens is 4. The molecule has 0 spiro atoms. The van der Waals surface area contributed by atoms with E-state index in [-0.39, 0.29) is 5.56 Å². The minimum absolute atomic E-state index is 0.197. The average molecular weight is 363 g/mol. The van der Waals surface area contributed by atoms with Crippen molar-refractivity contribution in [2.75, 3.05) is 32.2 Å². The third-order valence-electron chi connectivity index (χ3n) is 4.63. The first kappa shape index (κ1) is 17.2. The summed E-state index contributed by atoms with van der Waals surface area (Å²) in [6.07, 6.45) is 1.67.